The third-order valence-corrected chi connectivity index (χ3v) is 5.94. The number of nitrogens with one attached hydrogen (secondary N) is 1. The number of likely N-dealkylation sites (tertiary alicyclic amines) is 1. The first-order valence-corrected chi connectivity index (χ1v) is 10.1. The number of anilines is 1. The Labute approximate surface area is 157 Å². The molecular formula is C21H23N3OS. The Morgan fingerprint density at radius 3 is 2.85 bits per heavy atom. The first-order valence-electron chi connectivity index (χ1n) is 9.26. The Bertz CT molecular complexity index is 899. The molecule has 3 heterocycles. The van der Waals surface area contributed by atoms with Crippen molar-refractivity contribution < 1.29 is 4.79 Å². The molecule has 26 heavy (non-hydrogen) atoms. The van der Waals surface area contributed by atoms with Crippen molar-refractivity contribution >= 4 is 33.1 Å². The minimum Gasteiger partial charge on any atom is -0.369 e. The average molecular weight is 366 g/mol. The summed E-state index contributed by atoms with van der Waals surface area (Å²) in [5.41, 5.74) is 2.03. The molecule has 2 aromatic heterocycles. The first-order chi connectivity index (χ1) is 12.8. The monoisotopic (exact) mass is 365 g/mol. The fraction of sp³-hybridized carbons (Fsp3) is 0.333. The van der Waals surface area contributed by atoms with Gasteiger partial charge in [-0.3, -0.25) is 4.79 Å². The van der Waals surface area contributed by atoms with Gasteiger partial charge in [-0.05, 0) is 60.2 Å². The lowest BCUT2D eigenvalue weighted by molar-refractivity contribution is 0.0725. The Hall–Kier alpha value is -2.40. The fourth-order valence-electron chi connectivity index (χ4n) is 3.53. The summed E-state index contributed by atoms with van der Waals surface area (Å²) in [5.74, 6) is 0.795. The molecule has 5 heteroatoms. The zero-order valence-electron chi connectivity index (χ0n) is 14.8. The molecular weight excluding hydrogens is 342 g/mol. The standard InChI is InChI=1S/C21H23N3OS/c25-21(24-13-4-1-5-14-24)18-8-6-11-22-20(18)23-12-10-16-15-26-19-9-3-2-7-17(16)19/h2-3,6-9,11,15H,1,4-5,10,12-14H2,(H,22,23). The summed E-state index contributed by atoms with van der Waals surface area (Å²) in [6, 6.07) is 12.2. The van der Waals surface area contributed by atoms with Crippen molar-refractivity contribution in [1.29, 1.82) is 0 Å². The molecule has 0 saturated carbocycles. The largest absolute Gasteiger partial charge is 0.369 e. The molecule has 134 valence electrons. The van der Waals surface area contributed by atoms with Crippen LogP contribution >= 0.6 is 11.3 Å². The Morgan fingerprint density at radius 1 is 1.12 bits per heavy atom. The van der Waals surface area contributed by atoms with Gasteiger partial charge in [-0.2, -0.15) is 0 Å². The minimum absolute atomic E-state index is 0.0984. The highest BCUT2D eigenvalue weighted by molar-refractivity contribution is 7.17. The summed E-state index contributed by atoms with van der Waals surface area (Å²) in [4.78, 5) is 19.2. The van der Waals surface area contributed by atoms with Crippen LogP contribution in [0.5, 0.6) is 0 Å². The number of rotatable bonds is 5. The van der Waals surface area contributed by atoms with E-state index in [0.29, 0.717) is 11.4 Å². The third kappa shape index (κ3) is 3.58. The predicted molar refractivity (Wildman–Crippen MR) is 108 cm³/mol. The number of aromatic nitrogens is 1. The number of pyridine rings is 1. The number of carbonyl (C=O) groups excluding carboxylic acids is 1. The van der Waals surface area contributed by atoms with Crippen LogP contribution in [0.1, 0.15) is 35.2 Å². The minimum atomic E-state index is 0.0984. The van der Waals surface area contributed by atoms with Crippen molar-refractivity contribution in [1.82, 2.24) is 9.88 Å². The number of thiophene rings is 1. The summed E-state index contributed by atoms with van der Waals surface area (Å²) >= 11 is 1.78. The fourth-order valence-corrected chi connectivity index (χ4v) is 4.53. The van der Waals surface area contributed by atoms with Crippen LogP contribution in [0.2, 0.25) is 0 Å². The predicted octanol–water partition coefficient (Wildman–Crippen LogP) is 4.58. The summed E-state index contributed by atoms with van der Waals surface area (Å²) in [7, 11) is 0. The van der Waals surface area contributed by atoms with Crippen molar-refractivity contribution in [3.05, 3.63) is 59.1 Å². The molecule has 1 saturated heterocycles. The second-order valence-corrected chi connectivity index (χ2v) is 7.60. The van der Waals surface area contributed by atoms with Crippen molar-refractivity contribution in [3.8, 4) is 0 Å². The normalized spacial score (nSPS) is 14.5. The molecule has 4 rings (SSSR count). The lowest BCUT2D eigenvalue weighted by Gasteiger charge is -2.27. The Kier molecular flexibility index (Phi) is 5.16. The van der Waals surface area contributed by atoms with Crippen LogP contribution < -0.4 is 5.32 Å². The van der Waals surface area contributed by atoms with Gasteiger partial charge in [0.15, 0.2) is 0 Å². The molecule has 4 nitrogen and oxygen atoms in total. The van der Waals surface area contributed by atoms with E-state index in [1.165, 1.54) is 22.1 Å². The van der Waals surface area contributed by atoms with E-state index in [4.69, 9.17) is 0 Å². The smallest absolute Gasteiger partial charge is 0.257 e. The van der Waals surface area contributed by atoms with E-state index >= 15 is 0 Å². The SMILES string of the molecule is O=C(c1cccnc1NCCc1csc2ccccc12)N1CCCCC1. The molecule has 3 aromatic rings. The molecule has 0 radical (unpaired) electrons. The number of piperidine rings is 1. The first kappa shape index (κ1) is 17.0. The second-order valence-electron chi connectivity index (χ2n) is 6.69. The number of hydrogen-bond donors (Lipinski definition) is 1. The van der Waals surface area contributed by atoms with Crippen LogP contribution in [0.3, 0.4) is 0 Å². The molecule has 0 atom stereocenters. The van der Waals surface area contributed by atoms with Gasteiger partial charge in [-0.1, -0.05) is 18.2 Å². The van der Waals surface area contributed by atoms with E-state index in [-0.39, 0.29) is 5.91 Å². The summed E-state index contributed by atoms with van der Waals surface area (Å²) in [5, 5.41) is 6.93. The topological polar surface area (TPSA) is 45.2 Å². The maximum atomic E-state index is 12.8. The van der Waals surface area contributed by atoms with Crippen LogP contribution in [0, 0.1) is 0 Å². The van der Waals surface area contributed by atoms with E-state index < -0.39 is 0 Å². The van der Waals surface area contributed by atoms with Crippen molar-refractivity contribution in [2.45, 2.75) is 25.7 Å². The lowest BCUT2D eigenvalue weighted by atomic mass is 10.1. The van der Waals surface area contributed by atoms with Crippen molar-refractivity contribution in [3.63, 3.8) is 0 Å². The zero-order valence-corrected chi connectivity index (χ0v) is 15.6. The van der Waals surface area contributed by atoms with E-state index in [9.17, 15) is 4.79 Å². The molecule has 1 aliphatic rings. The highest BCUT2D eigenvalue weighted by Crippen LogP contribution is 2.26. The van der Waals surface area contributed by atoms with Gasteiger partial charge >= 0.3 is 0 Å². The van der Waals surface area contributed by atoms with Crippen LogP contribution in [-0.4, -0.2) is 35.4 Å². The highest BCUT2D eigenvalue weighted by atomic mass is 32.1. The van der Waals surface area contributed by atoms with E-state index in [1.807, 2.05) is 17.0 Å². The Balaban J connectivity index is 1.44. The molecule has 1 fully saturated rings. The van der Waals surface area contributed by atoms with E-state index in [2.05, 4.69) is 39.9 Å². The van der Waals surface area contributed by atoms with Gasteiger partial charge in [0.1, 0.15) is 5.82 Å². The van der Waals surface area contributed by atoms with Gasteiger partial charge < -0.3 is 10.2 Å². The highest BCUT2D eigenvalue weighted by Gasteiger charge is 2.21. The van der Waals surface area contributed by atoms with Crippen LogP contribution in [0.4, 0.5) is 5.82 Å². The van der Waals surface area contributed by atoms with Crippen LogP contribution in [0.25, 0.3) is 10.1 Å². The van der Waals surface area contributed by atoms with Crippen molar-refractivity contribution in [2.75, 3.05) is 25.0 Å². The molecule has 0 unspecified atom stereocenters. The van der Waals surface area contributed by atoms with Gasteiger partial charge in [0, 0.05) is 30.5 Å². The number of hydrogen-bond acceptors (Lipinski definition) is 4. The van der Waals surface area contributed by atoms with Gasteiger partial charge in [0.05, 0.1) is 5.56 Å². The number of amides is 1. The van der Waals surface area contributed by atoms with Gasteiger partial charge in [0.2, 0.25) is 0 Å². The maximum absolute atomic E-state index is 12.8. The van der Waals surface area contributed by atoms with E-state index in [1.54, 1.807) is 17.5 Å². The number of nitrogens with zero attached hydrogens (tertiary/aromatic N) is 2. The quantitative estimate of drug-likeness (QED) is 0.720. The number of benzene rings is 1. The molecule has 1 amide bonds. The molecule has 1 N–H and O–H groups in total. The molecule has 0 spiro atoms. The van der Waals surface area contributed by atoms with Crippen LogP contribution in [0.15, 0.2) is 48.0 Å². The van der Waals surface area contributed by atoms with E-state index in [0.717, 1.165) is 38.9 Å². The van der Waals surface area contributed by atoms with Crippen molar-refractivity contribution in [2.24, 2.45) is 0 Å². The second kappa shape index (κ2) is 7.87. The third-order valence-electron chi connectivity index (χ3n) is 4.93. The zero-order chi connectivity index (χ0) is 17.8. The average Bonchev–Trinajstić information content (AvgIpc) is 3.12. The molecule has 1 aromatic carbocycles. The van der Waals surface area contributed by atoms with Gasteiger partial charge in [0.25, 0.3) is 5.91 Å². The van der Waals surface area contributed by atoms with Gasteiger partial charge in [-0.15, -0.1) is 11.3 Å². The van der Waals surface area contributed by atoms with Gasteiger partial charge in [-0.25, -0.2) is 4.98 Å². The summed E-state index contributed by atoms with van der Waals surface area (Å²) < 4.78 is 1.32. The summed E-state index contributed by atoms with van der Waals surface area (Å²) in [6.45, 7) is 2.47. The number of fused-ring (bicyclic) bond motifs is 1. The summed E-state index contributed by atoms with van der Waals surface area (Å²) in [6.07, 6.45) is 6.07. The molecule has 0 bridgehead atoms. The maximum Gasteiger partial charge on any atom is 0.257 e. The molecule has 1 aliphatic heterocycles. The number of carbonyl (C=O) groups is 1. The Morgan fingerprint density at radius 2 is 1.96 bits per heavy atom. The lowest BCUT2D eigenvalue weighted by Crippen LogP contribution is -2.36. The molecule has 0 aliphatic carbocycles. The van der Waals surface area contributed by atoms with Crippen LogP contribution in [-0.2, 0) is 6.42 Å².